The Bertz CT molecular complexity index is 710. The largest absolute Gasteiger partial charge is 0.399 e. The van der Waals surface area contributed by atoms with Crippen LogP contribution in [-0.4, -0.2) is 44.4 Å². The second kappa shape index (κ2) is 5.69. The van der Waals surface area contributed by atoms with Crippen molar-refractivity contribution in [3.05, 3.63) is 23.8 Å². The van der Waals surface area contributed by atoms with E-state index in [1.165, 1.54) is 18.2 Å². The summed E-state index contributed by atoms with van der Waals surface area (Å²) in [5, 5.41) is 9.07. The zero-order valence-corrected chi connectivity index (χ0v) is 11.8. The predicted molar refractivity (Wildman–Crippen MR) is 73.3 cm³/mol. The number of rotatable bonds is 3. The molecule has 1 aliphatic rings. The Kier molecular flexibility index (Phi) is 4.13. The smallest absolute Gasteiger partial charge is 0.245 e. The van der Waals surface area contributed by atoms with Crippen molar-refractivity contribution in [3.8, 4) is 6.07 Å². The summed E-state index contributed by atoms with van der Waals surface area (Å²) in [6, 6.07) is 4.60. The molecule has 0 bridgehead atoms. The SMILES string of the molecule is N#Cc1cc(N)ccc1S(=O)(=O)N1CCOCC1C(N)=O. The van der Waals surface area contributed by atoms with Gasteiger partial charge < -0.3 is 16.2 Å². The lowest BCUT2D eigenvalue weighted by molar-refractivity contribution is -0.125. The van der Waals surface area contributed by atoms with E-state index in [9.17, 15) is 13.2 Å². The van der Waals surface area contributed by atoms with Crippen LogP contribution >= 0.6 is 0 Å². The molecule has 1 unspecified atom stereocenters. The van der Waals surface area contributed by atoms with Gasteiger partial charge in [-0.15, -0.1) is 0 Å². The molecule has 1 saturated heterocycles. The van der Waals surface area contributed by atoms with E-state index in [4.69, 9.17) is 21.5 Å². The summed E-state index contributed by atoms with van der Waals surface area (Å²) >= 11 is 0. The van der Waals surface area contributed by atoms with Gasteiger partial charge >= 0.3 is 0 Å². The lowest BCUT2D eigenvalue weighted by atomic mass is 10.2. The first-order valence-corrected chi connectivity index (χ1v) is 7.50. The molecule has 0 radical (unpaired) electrons. The number of carbonyl (C=O) groups excluding carboxylic acids is 1. The van der Waals surface area contributed by atoms with E-state index in [-0.39, 0.29) is 35.9 Å². The molecule has 0 spiro atoms. The van der Waals surface area contributed by atoms with Crippen molar-refractivity contribution < 1.29 is 17.9 Å². The van der Waals surface area contributed by atoms with Gasteiger partial charge in [-0.2, -0.15) is 9.57 Å². The highest BCUT2D eigenvalue weighted by atomic mass is 32.2. The van der Waals surface area contributed by atoms with Gasteiger partial charge in [-0.25, -0.2) is 8.42 Å². The Morgan fingerprint density at radius 3 is 2.81 bits per heavy atom. The number of sulfonamides is 1. The standard InChI is InChI=1S/C12H14N4O4S/c13-6-8-5-9(14)1-2-11(8)21(18,19)16-3-4-20-7-10(16)12(15)17/h1-2,5,10H,3-4,7,14H2,(H2,15,17). The quantitative estimate of drug-likeness (QED) is 0.687. The molecule has 0 aromatic heterocycles. The van der Waals surface area contributed by atoms with Crippen molar-refractivity contribution in [1.82, 2.24) is 4.31 Å². The number of benzene rings is 1. The van der Waals surface area contributed by atoms with Crippen LogP contribution in [0.4, 0.5) is 5.69 Å². The number of nitrogens with zero attached hydrogens (tertiary/aromatic N) is 2. The minimum absolute atomic E-state index is 0.00875. The number of hydrogen-bond donors (Lipinski definition) is 2. The van der Waals surface area contributed by atoms with E-state index in [2.05, 4.69) is 0 Å². The fourth-order valence-electron chi connectivity index (χ4n) is 2.09. The van der Waals surface area contributed by atoms with Crippen molar-refractivity contribution in [1.29, 1.82) is 5.26 Å². The number of morpholine rings is 1. The third-order valence-electron chi connectivity index (χ3n) is 3.12. The van der Waals surface area contributed by atoms with Gasteiger partial charge in [-0.3, -0.25) is 4.79 Å². The number of amides is 1. The lowest BCUT2D eigenvalue weighted by Gasteiger charge is -2.32. The number of nitriles is 1. The Morgan fingerprint density at radius 2 is 2.19 bits per heavy atom. The molecule has 1 fully saturated rings. The van der Waals surface area contributed by atoms with Crippen molar-refractivity contribution in [3.63, 3.8) is 0 Å². The van der Waals surface area contributed by atoms with Crippen LogP contribution in [0.5, 0.6) is 0 Å². The summed E-state index contributed by atoms with van der Waals surface area (Å²) in [6.45, 7) is 0.0382. The molecule has 0 aliphatic carbocycles. The van der Waals surface area contributed by atoms with Crippen LogP contribution < -0.4 is 11.5 Å². The molecular weight excluding hydrogens is 296 g/mol. The van der Waals surface area contributed by atoms with Crippen molar-refractivity contribution >= 4 is 21.6 Å². The second-order valence-electron chi connectivity index (χ2n) is 4.48. The van der Waals surface area contributed by atoms with Crippen LogP contribution in [0.15, 0.2) is 23.1 Å². The molecule has 2 rings (SSSR count). The Labute approximate surface area is 121 Å². The first kappa shape index (κ1) is 15.2. The van der Waals surface area contributed by atoms with E-state index < -0.39 is 22.0 Å². The molecule has 4 N–H and O–H groups in total. The molecule has 1 amide bonds. The Balaban J connectivity index is 2.51. The monoisotopic (exact) mass is 310 g/mol. The zero-order valence-electron chi connectivity index (χ0n) is 11.0. The number of primary amides is 1. The molecule has 8 nitrogen and oxygen atoms in total. The van der Waals surface area contributed by atoms with E-state index in [1.54, 1.807) is 6.07 Å². The highest BCUT2D eigenvalue weighted by Gasteiger charge is 2.38. The highest BCUT2D eigenvalue weighted by molar-refractivity contribution is 7.89. The van der Waals surface area contributed by atoms with Gasteiger partial charge in [-0.1, -0.05) is 0 Å². The van der Waals surface area contributed by atoms with Gasteiger partial charge in [0.2, 0.25) is 15.9 Å². The first-order chi connectivity index (χ1) is 9.87. The summed E-state index contributed by atoms with van der Waals surface area (Å²) in [6.07, 6.45) is 0. The summed E-state index contributed by atoms with van der Waals surface area (Å²) < 4.78 is 31.4. The molecule has 0 saturated carbocycles. The maximum atomic E-state index is 12.7. The normalized spacial score (nSPS) is 19.9. The van der Waals surface area contributed by atoms with Crippen LogP contribution in [-0.2, 0) is 19.6 Å². The van der Waals surface area contributed by atoms with Crippen molar-refractivity contribution in [2.45, 2.75) is 10.9 Å². The average Bonchev–Trinajstić information content (AvgIpc) is 2.46. The third-order valence-corrected chi connectivity index (χ3v) is 5.08. The summed E-state index contributed by atoms with van der Waals surface area (Å²) in [5.74, 6) is -0.799. The van der Waals surface area contributed by atoms with Gasteiger partial charge in [0.25, 0.3) is 0 Å². The number of anilines is 1. The van der Waals surface area contributed by atoms with Gasteiger partial charge in [0, 0.05) is 12.2 Å². The van der Waals surface area contributed by atoms with Crippen LogP contribution in [0.3, 0.4) is 0 Å². The average molecular weight is 310 g/mol. The Morgan fingerprint density at radius 1 is 1.48 bits per heavy atom. The number of carbonyl (C=O) groups is 1. The van der Waals surface area contributed by atoms with Crippen LogP contribution in [0, 0.1) is 11.3 Å². The summed E-state index contributed by atoms with van der Waals surface area (Å²) in [4.78, 5) is 11.2. The number of nitrogens with two attached hydrogens (primary N) is 2. The van der Waals surface area contributed by atoms with Crippen LogP contribution in [0.1, 0.15) is 5.56 Å². The number of ether oxygens (including phenoxy) is 1. The van der Waals surface area contributed by atoms with Gasteiger partial charge in [0.1, 0.15) is 17.0 Å². The molecule has 9 heteroatoms. The van der Waals surface area contributed by atoms with Gasteiger partial charge in [-0.05, 0) is 18.2 Å². The van der Waals surface area contributed by atoms with E-state index in [1.807, 2.05) is 0 Å². The topological polar surface area (TPSA) is 140 Å². The Hall–Kier alpha value is -2.15. The molecule has 21 heavy (non-hydrogen) atoms. The summed E-state index contributed by atoms with van der Waals surface area (Å²) in [7, 11) is -4.04. The summed E-state index contributed by atoms with van der Waals surface area (Å²) in [5.41, 5.74) is 11.0. The fourth-order valence-corrected chi connectivity index (χ4v) is 3.78. The maximum Gasteiger partial charge on any atom is 0.245 e. The minimum atomic E-state index is -4.04. The van der Waals surface area contributed by atoms with Gasteiger partial charge in [0.05, 0.1) is 18.8 Å². The highest BCUT2D eigenvalue weighted by Crippen LogP contribution is 2.25. The predicted octanol–water partition coefficient (Wildman–Crippen LogP) is -0.985. The van der Waals surface area contributed by atoms with E-state index in [0.717, 1.165) is 4.31 Å². The molecule has 1 aromatic carbocycles. The number of hydrogen-bond acceptors (Lipinski definition) is 6. The molecule has 1 heterocycles. The number of nitrogen functional groups attached to an aromatic ring is 1. The molecule has 1 aromatic rings. The van der Waals surface area contributed by atoms with Crippen molar-refractivity contribution in [2.75, 3.05) is 25.5 Å². The molecule has 1 aliphatic heterocycles. The van der Waals surface area contributed by atoms with Gasteiger partial charge in [0.15, 0.2) is 0 Å². The minimum Gasteiger partial charge on any atom is -0.399 e. The van der Waals surface area contributed by atoms with E-state index in [0.29, 0.717) is 0 Å². The van der Waals surface area contributed by atoms with Crippen molar-refractivity contribution in [2.24, 2.45) is 5.73 Å². The maximum absolute atomic E-state index is 12.7. The van der Waals surface area contributed by atoms with Crippen LogP contribution in [0.2, 0.25) is 0 Å². The third kappa shape index (κ3) is 2.82. The molecular formula is C12H14N4O4S. The van der Waals surface area contributed by atoms with E-state index >= 15 is 0 Å². The molecule has 1 atom stereocenters. The lowest BCUT2D eigenvalue weighted by Crippen LogP contribution is -2.54. The molecule has 112 valence electrons. The fraction of sp³-hybridized carbons (Fsp3) is 0.333. The first-order valence-electron chi connectivity index (χ1n) is 6.06. The second-order valence-corrected chi connectivity index (χ2v) is 6.34. The van der Waals surface area contributed by atoms with Crippen LogP contribution in [0.25, 0.3) is 0 Å². The zero-order chi connectivity index (χ0) is 15.6.